The third-order valence-electron chi connectivity index (χ3n) is 4.16. The van der Waals surface area contributed by atoms with Crippen molar-refractivity contribution >= 4 is 0 Å². The van der Waals surface area contributed by atoms with Crippen LogP contribution in [0.1, 0.15) is 43.9 Å². The van der Waals surface area contributed by atoms with Gasteiger partial charge in [0.25, 0.3) is 0 Å². The minimum absolute atomic E-state index is 0.553. The summed E-state index contributed by atoms with van der Waals surface area (Å²) >= 11 is 0. The van der Waals surface area contributed by atoms with E-state index in [0.29, 0.717) is 12.0 Å². The van der Waals surface area contributed by atoms with E-state index in [4.69, 9.17) is 0 Å². The normalized spacial score (nSPS) is 22.6. The highest BCUT2D eigenvalue weighted by atomic mass is 15.3. The van der Waals surface area contributed by atoms with E-state index in [1.54, 1.807) is 0 Å². The Balaban J connectivity index is 2.28. The molecule has 100 valence electrons. The van der Waals surface area contributed by atoms with Crippen LogP contribution < -0.4 is 0 Å². The van der Waals surface area contributed by atoms with Crippen LogP contribution in [0.5, 0.6) is 0 Å². The molecule has 0 bridgehead atoms. The van der Waals surface area contributed by atoms with Crippen LogP contribution in [-0.2, 0) is 0 Å². The zero-order chi connectivity index (χ0) is 13.1. The van der Waals surface area contributed by atoms with Crippen molar-refractivity contribution in [2.24, 2.45) is 0 Å². The number of likely N-dealkylation sites (N-methyl/N-ethyl adjacent to an activating group) is 2. The van der Waals surface area contributed by atoms with Crippen LogP contribution >= 0.6 is 0 Å². The van der Waals surface area contributed by atoms with Gasteiger partial charge in [0.15, 0.2) is 0 Å². The Morgan fingerprint density at radius 3 is 2.61 bits per heavy atom. The van der Waals surface area contributed by atoms with E-state index < -0.39 is 0 Å². The number of rotatable bonds is 3. The minimum Gasteiger partial charge on any atom is -0.300 e. The Labute approximate surface area is 112 Å². The van der Waals surface area contributed by atoms with Gasteiger partial charge in [-0.15, -0.1) is 0 Å². The van der Waals surface area contributed by atoms with E-state index in [0.717, 1.165) is 13.1 Å². The molecular weight excluding hydrogens is 220 g/mol. The highest BCUT2D eigenvalue weighted by Crippen LogP contribution is 2.30. The first kappa shape index (κ1) is 13.6. The predicted molar refractivity (Wildman–Crippen MR) is 78.0 cm³/mol. The molecule has 0 aliphatic carbocycles. The van der Waals surface area contributed by atoms with Gasteiger partial charge in [0, 0.05) is 25.7 Å². The molecule has 0 saturated carbocycles. The summed E-state index contributed by atoms with van der Waals surface area (Å²) in [6.07, 6.45) is 0. The molecule has 0 spiro atoms. The van der Waals surface area contributed by atoms with E-state index in [1.807, 2.05) is 0 Å². The minimum atomic E-state index is 0.553. The predicted octanol–water partition coefficient (Wildman–Crippen LogP) is 3.12. The fourth-order valence-electron chi connectivity index (χ4n) is 2.89. The molecule has 1 fully saturated rings. The summed E-state index contributed by atoms with van der Waals surface area (Å²) in [6, 6.07) is 9.51. The van der Waals surface area contributed by atoms with Gasteiger partial charge in [-0.25, -0.2) is 0 Å². The van der Waals surface area contributed by atoms with Gasteiger partial charge in [0.1, 0.15) is 0 Å². The van der Waals surface area contributed by atoms with E-state index in [2.05, 4.69) is 61.9 Å². The fourth-order valence-corrected chi connectivity index (χ4v) is 2.89. The average molecular weight is 246 g/mol. The average Bonchev–Trinajstić information content (AvgIpc) is 2.39. The second-order valence-corrected chi connectivity index (χ2v) is 5.67. The summed E-state index contributed by atoms with van der Waals surface area (Å²) in [5.74, 6) is 0.603. The number of hydrogen-bond acceptors (Lipinski definition) is 2. The maximum absolute atomic E-state index is 2.56. The third-order valence-corrected chi connectivity index (χ3v) is 4.16. The molecule has 2 rings (SSSR count). The van der Waals surface area contributed by atoms with Crippen molar-refractivity contribution in [3.63, 3.8) is 0 Å². The van der Waals surface area contributed by atoms with Crippen LogP contribution in [0.15, 0.2) is 24.3 Å². The lowest BCUT2D eigenvalue weighted by Crippen LogP contribution is -2.46. The zero-order valence-corrected chi connectivity index (χ0v) is 12.2. The topological polar surface area (TPSA) is 6.48 Å². The second-order valence-electron chi connectivity index (χ2n) is 5.67. The molecule has 18 heavy (non-hydrogen) atoms. The molecular formula is C16H26N2. The van der Waals surface area contributed by atoms with Gasteiger partial charge in [0.2, 0.25) is 0 Å². The Hall–Kier alpha value is -0.860. The molecule has 1 aliphatic heterocycles. The first-order chi connectivity index (χ1) is 8.63. The number of benzene rings is 1. The van der Waals surface area contributed by atoms with Crippen molar-refractivity contribution in [3.05, 3.63) is 35.4 Å². The maximum atomic E-state index is 2.56. The van der Waals surface area contributed by atoms with Gasteiger partial charge in [-0.3, -0.25) is 4.90 Å². The monoisotopic (exact) mass is 246 g/mol. The van der Waals surface area contributed by atoms with Crippen molar-refractivity contribution in [1.82, 2.24) is 9.80 Å². The first-order valence-corrected chi connectivity index (χ1v) is 7.15. The molecule has 1 atom stereocenters. The van der Waals surface area contributed by atoms with E-state index in [9.17, 15) is 0 Å². The van der Waals surface area contributed by atoms with Gasteiger partial charge in [0.05, 0.1) is 0 Å². The van der Waals surface area contributed by atoms with Crippen molar-refractivity contribution in [1.29, 1.82) is 0 Å². The molecule has 0 aromatic heterocycles. The van der Waals surface area contributed by atoms with E-state index in [-0.39, 0.29) is 0 Å². The number of piperazine rings is 1. The summed E-state index contributed by atoms with van der Waals surface area (Å²) in [7, 11) is 2.26. The zero-order valence-electron chi connectivity index (χ0n) is 12.2. The Morgan fingerprint density at radius 2 is 1.94 bits per heavy atom. The van der Waals surface area contributed by atoms with Gasteiger partial charge < -0.3 is 4.90 Å². The first-order valence-electron chi connectivity index (χ1n) is 7.15. The molecule has 1 aromatic rings. The summed E-state index contributed by atoms with van der Waals surface area (Å²) in [5, 5.41) is 0. The summed E-state index contributed by atoms with van der Waals surface area (Å²) in [4.78, 5) is 5.06. The highest BCUT2D eigenvalue weighted by molar-refractivity contribution is 5.33. The molecule has 2 heteroatoms. The van der Waals surface area contributed by atoms with Gasteiger partial charge >= 0.3 is 0 Å². The lowest BCUT2D eigenvalue weighted by molar-refractivity contribution is 0.0991. The van der Waals surface area contributed by atoms with Crippen LogP contribution in [0, 0.1) is 0 Å². The molecule has 1 aliphatic rings. The van der Waals surface area contributed by atoms with Gasteiger partial charge in [-0.1, -0.05) is 45.0 Å². The quantitative estimate of drug-likeness (QED) is 0.808. The molecule has 1 unspecified atom stereocenters. The molecule has 1 heterocycles. The van der Waals surface area contributed by atoms with Crippen LogP contribution in [0.25, 0.3) is 0 Å². The maximum Gasteiger partial charge on any atom is 0.0475 e. The Morgan fingerprint density at radius 1 is 1.22 bits per heavy atom. The molecule has 0 amide bonds. The van der Waals surface area contributed by atoms with Gasteiger partial charge in [-0.2, -0.15) is 0 Å². The molecule has 1 aromatic carbocycles. The lowest BCUT2D eigenvalue weighted by atomic mass is 9.91. The SMILES string of the molecule is CCN1CCN(C)C(c2ccccc2C(C)C)C1. The molecule has 0 N–H and O–H groups in total. The highest BCUT2D eigenvalue weighted by Gasteiger charge is 2.26. The van der Waals surface area contributed by atoms with Crippen LogP contribution in [0.2, 0.25) is 0 Å². The summed E-state index contributed by atoms with van der Waals surface area (Å²) in [6.45, 7) is 11.5. The summed E-state index contributed by atoms with van der Waals surface area (Å²) < 4.78 is 0. The fraction of sp³-hybridized carbons (Fsp3) is 0.625. The largest absolute Gasteiger partial charge is 0.300 e. The van der Waals surface area contributed by atoms with Crippen molar-refractivity contribution < 1.29 is 0 Å². The third kappa shape index (κ3) is 2.76. The molecule has 1 saturated heterocycles. The van der Waals surface area contributed by atoms with E-state index >= 15 is 0 Å². The number of hydrogen-bond donors (Lipinski definition) is 0. The second kappa shape index (κ2) is 5.85. The molecule has 0 radical (unpaired) electrons. The Kier molecular flexibility index (Phi) is 4.41. The Bertz CT molecular complexity index is 386. The lowest BCUT2D eigenvalue weighted by Gasteiger charge is -2.40. The van der Waals surface area contributed by atoms with Gasteiger partial charge in [-0.05, 0) is 30.6 Å². The molecule has 2 nitrogen and oxygen atoms in total. The summed E-state index contributed by atoms with van der Waals surface area (Å²) in [5.41, 5.74) is 3.03. The number of nitrogens with zero attached hydrogens (tertiary/aromatic N) is 2. The van der Waals surface area contributed by atoms with Crippen molar-refractivity contribution in [2.75, 3.05) is 33.2 Å². The van der Waals surface area contributed by atoms with Crippen LogP contribution in [0.3, 0.4) is 0 Å². The standard InChI is InChI=1S/C16H26N2/c1-5-18-11-10-17(4)16(12-18)15-9-7-6-8-14(15)13(2)3/h6-9,13,16H,5,10-12H2,1-4H3. The van der Waals surface area contributed by atoms with Crippen molar-refractivity contribution in [3.8, 4) is 0 Å². The smallest absolute Gasteiger partial charge is 0.0475 e. The van der Waals surface area contributed by atoms with Crippen LogP contribution in [-0.4, -0.2) is 43.0 Å². The van der Waals surface area contributed by atoms with E-state index in [1.165, 1.54) is 24.2 Å². The van der Waals surface area contributed by atoms with Crippen LogP contribution in [0.4, 0.5) is 0 Å². The van der Waals surface area contributed by atoms with Crippen molar-refractivity contribution in [2.45, 2.75) is 32.7 Å².